The smallest absolute Gasteiger partial charge is 0.337 e. The second-order valence-corrected chi connectivity index (χ2v) is 4.95. The van der Waals surface area contributed by atoms with E-state index in [0.717, 1.165) is 13.2 Å². The predicted molar refractivity (Wildman–Crippen MR) is 81.2 cm³/mol. The van der Waals surface area contributed by atoms with Gasteiger partial charge in [0.2, 0.25) is 0 Å². The molecule has 2 rings (SSSR count). The minimum absolute atomic E-state index is 0.00984. The van der Waals surface area contributed by atoms with Gasteiger partial charge in [-0.25, -0.2) is 9.18 Å². The SMILES string of the molecule is COC(=O)C1=C(Nc2cccc(F)c2C(N)=O)C(=O)N(CCO)C1. The van der Waals surface area contributed by atoms with Gasteiger partial charge in [-0.15, -0.1) is 0 Å². The number of nitrogens with one attached hydrogen (secondary N) is 1. The van der Waals surface area contributed by atoms with E-state index in [9.17, 15) is 18.8 Å². The number of primary amides is 1. The van der Waals surface area contributed by atoms with E-state index in [1.54, 1.807) is 0 Å². The summed E-state index contributed by atoms with van der Waals surface area (Å²) in [5.74, 6) is -3.20. The lowest BCUT2D eigenvalue weighted by Gasteiger charge is -2.15. The molecule has 0 unspecified atom stereocenters. The Kier molecular flexibility index (Phi) is 5.14. The third kappa shape index (κ3) is 3.20. The van der Waals surface area contributed by atoms with E-state index in [-0.39, 0.29) is 36.7 Å². The fourth-order valence-corrected chi connectivity index (χ4v) is 2.36. The lowest BCUT2D eigenvalue weighted by Crippen LogP contribution is -2.31. The van der Waals surface area contributed by atoms with Crippen LogP contribution in [0.15, 0.2) is 29.5 Å². The molecule has 0 aromatic heterocycles. The highest BCUT2D eigenvalue weighted by molar-refractivity contribution is 6.09. The molecule has 0 bridgehead atoms. The van der Waals surface area contributed by atoms with Gasteiger partial charge in [0.25, 0.3) is 11.8 Å². The van der Waals surface area contributed by atoms with E-state index >= 15 is 0 Å². The number of amides is 2. The highest BCUT2D eigenvalue weighted by Crippen LogP contribution is 2.25. The average molecular weight is 337 g/mol. The van der Waals surface area contributed by atoms with Crippen LogP contribution in [0.1, 0.15) is 10.4 Å². The number of rotatable bonds is 6. The molecule has 0 fully saturated rings. The number of nitrogens with zero attached hydrogens (tertiary/aromatic N) is 1. The Labute approximate surface area is 136 Å². The van der Waals surface area contributed by atoms with Crippen molar-refractivity contribution in [3.8, 4) is 0 Å². The highest BCUT2D eigenvalue weighted by atomic mass is 19.1. The summed E-state index contributed by atoms with van der Waals surface area (Å²) in [5.41, 5.74) is 4.55. The molecule has 1 aliphatic rings. The zero-order chi connectivity index (χ0) is 17.9. The predicted octanol–water partition coefficient (Wildman–Crippen LogP) is -0.402. The number of hydrogen-bond donors (Lipinski definition) is 3. The summed E-state index contributed by atoms with van der Waals surface area (Å²) < 4.78 is 18.4. The molecule has 0 saturated carbocycles. The first kappa shape index (κ1) is 17.4. The molecule has 24 heavy (non-hydrogen) atoms. The third-order valence-electron chi connectivity index (χ3n) is 3.47. The van der Waals surface area contributed by atoms with Gasteiger partial charge in [0.05, 0.1) is 37.1 Å². The first-order valence-corrected chi connectivity index (χ1v) is 6.97. The number of carbonyl (C=O) groups is 3. The van der Waals surface area contributed by atoms with Crippen molar-refractivity contribution in [1.82, 2.24) is 4.90 Å². The molecule has 128 valence electrons. The minimum atomic E-state index is -1.02. The molecule has 4 N–H and O–H groups in total. The Morgan fingerprint density at radius 3 is 2.75 bits per heavy atom. The van der Waals surface area contributed by atoms with Crippen molar-refractivity contribution in [2.24, 2.45) is 5.73 Å². The van der Waals surface area contributed by atoms with Crippen molar-refractivity contribution in [2.75, 3.05) is 32.1 Å². The molecule has 0 atom stereocenters. The number of carbonyl (C=O) groups excluding carboxylic acids is 3. The number of methoxy groups -OCH3 is 1. The first-order chi connectivity index (χ1) is 11.4. The van der Waals surface area contributed by atoms with Crippen LogP contribution >= 0.6 is 0 Å². The van der Waals surface area contributed by atoms with E-state index in [1.807, 2.05) is 0 Å². The number of esters is 1. The summed E-state index contributed by atoms with van der Waals surface area (Å²) in [6.07, 6.45) is 0. The Bertz CT molecular complexity index is 732. The van der Waals surface area contributed by atoms with Crippen LogP contribution in [-0.4, -0.2) is 54.6 Å². The first-order valence-electron chi connectivity index (χ1n) is 6.97. The van der Waals surface area contributed by atoms with Crippen molar-refractivity contribution >= 4 is 23.5 Å². The second-order valence-electron chi connectivity index (χ2n) is 4.95. The number of anilines is 1. The molecule has 9 heteroatoms. The molecule has 8 nitrogen and oxygen atoms in total. The van der Waals surface area contributed by atoms with E-state index in [2.05, 4.69) is 10.1 Å². The summed E-state index contributed by atoms with van der Waals surface area (Å²) in [4.78, 5) is 36.9. The number of aliphatic hydroxyl groups is 1. The van der Waals surface area contributed by atoms with Gasteiger partial charge in [0, 0.05) is 6.54 Å². The van der Waals surface area contributed by atoms with Crippen LogP contribution in [0.2, 0.25) is 0 Å². The van der Waals surface area contributed by atoms with E-state index in [1.165, 1.54) is 17.0 Å². The lowest BCUT2D eigenvalue weighted by molar-refractivity contribution is -0.136. The lowest BCUT2D eigenvalue weighted by atomic mass is 10.1. The molecule has 1 aliphatic heterocycles. The summed E-state index contributed by atoms with van der Waals surface area (Å²) in [6.45, 7) is -0.355. The maximum Gasteiger partial charge on any atom is 0.337 e. The van der Waals surface area contributed by atoms with Crippen LogP contribution in [0.5, 0.6) is 0 Å². The maximum absolute atomic E-state index is 13.8. The zero-order valence-electron chi connectivity index (χ0n) is 12.8. The molecule has 0 radical (unpaired) electrons. The fraction of sp³-hybridized carbons (Fsp3) is 0.267. The molecule has 1 aromatic carbocycles. The normalized spacial score (nSPS) is 14.1. The van der Waals surface area contributed by atoms with Crippen molar-refractivity contribution in [3.63, 3.8) is 0 Å². The molecule has 1 aromatic rings. The van der Waals surface area contributed by atoms with Gasteiger partial charge in [-0.3, -0.25) is 9.59 Å². The largest absolute Gasteiger partial charge is 0.466 e. The number of hydrogen-bond acceptors (Lipinski definition) is 6. The fourth-order valence-electron chi connectivity index (χ4n) is 2.36. The molecule has 0 saturated heterocycles. The number of ether oxygens (including phenoxy) is 1. The number of β-amino-alcohol motifs (C(OH)–C–C–N with tert-alkyl or cyclic N) is 1. The number of aliphatic hydroxyl groups excluding tert-OH is 1. The molecular weight excluding hydrogens is 321 g/mol. The van der Waals surface area contributed by atoms with Gasteiger partial charge in [-0.1, -0.05) is 6.07 Å². The van der Waals surface area contributed by atoms with E-state index in [4.69, 9.17) is 10.8 Å². The van der Waals surface area contributed by atoms with Gasteiger partial charge in [0.1, 0.15) is 11.5 Å². The number of halogens is 1. The van der Waals surface area contributed by atoms with Gasteiger partial charge in [0.15, 0.2) is 0 Å². The maximum atomic E-state index is 13.8. The number of benzene rings is 1. The van der Waals surface area contributed by atoms with Crippen LogP contribution < -0.4 is 11.1 Å². The monoisotopic (exact) mass is 337 g/mol. The van der Waals surface area contributed by atoms with Crippen molar-refractivity contribution in [2.45, 2.75) is 0 Å². The molecule has 0 aliphatic carbocycles. The summed E-state index contributed by atoms with van der Waals surface area (Å²) in [6, 6.07) is 3.73. The minimum Gasteiger partial charge on any atom is -0.466 e. The molecular formula is C15H16FN3O5. The highest BCUT2D eigenvalue weighted by Gasteiger charge is 2.35. The van der Waals surface area contributed by atoms with Gasteiger partial charge in [-0.05, 0) is 12.1 Å². The van der Waals surface area contributed by atoms with Crippen LogP contribution in [0, 0.1) is 5.82 Å². The summed E-state index contributed by atoms with van der Waals surface area (Å²) >= 11 is 0. The summed E-state index contributed by atoms with van der Waals surface area (Å²) in [7, 11) is 1.16. The molecule has 1 heterocycles. The van der Waals surface area contributed by atoms with E-state index < -0.39 is 29.2 Å². The van der Waals surface area contributed by atoms with Crippen molar-refractivity contribution < 1.29 is 28.6 Å². The Morgan fingerprint density at radius 1 is 1.46 bits per heavy atom. The van der Waals surface area contributed by atoms with Crippen LogP contribution in [-0.2, 0) is 14.3 Å². The Hall–Kier alpha value is -2.94. The van der Waals surface area contributed by atoms with Crippen molar-refractivity contribution in [3.05, 3.63) is 40.8 Å². The Morgan fingerprint density at radius 2 is 2.17 bits per heavy atom. The quantitative estimate of drug-likeness (QED) is 0.607. The Balaban J connectivity index is 2.45. The van der Waals surface area contributed by atoms with Gasteiger partial charge < -0.3 is 25.8 Å². The molecule has 0 spiro atoms. The van der Waals surface area contributed by atoms with E-state index in [0.29, 0.717) is 0 Å². The second kappa shape index (κ2) is 7.09. The molecule has 2 amide bonds. The standard InChI is InChI=1S/C15H16FN3O5/c1-24-15(23)8-7-19(5-6-20)14(22)12(8)18-10-4-2-3-9(16)11(10)13(17)21/h2-4,18,20H,5-7H2,1H3,(H2,17,21). The van der Waals surface area contributed by atoms with Crippen LogP contribution in [0.4, 0.5) is 10.1 Å². The third-order valence-corrected chi connectivity index (χ3v) is 3.47. The van der Waals surface area contributed by atoms with Crippen LogP contribution in [0.3, 0.4) is 0 Å². The van der Waals surface area contributed by atoms with Crippen LogP contribution in [0.25, 0.3) is 0 Å². The average Bonchev–Trinajstić information content (AvgIpc) is 2.84. The summed E-state index contributed by atoms with van der Waals surface area (Å²) in [5, 5.41) is 11.6. The topological polar surface area (TPSA) is 122 Å². The van der Waals surface area contributed by atoms with Gasteiger partial charge >= 0.3 is 5.97 Å². The number of nitrogens with two attached hydrogens (primary N) is 1. The zero-order valence-corrected chi connectivity index (χ0v) is 12.8. The van der Waals surface area contributed by atoms with Gasteiger partial charge in [-0.2, -0.15) is 0 Å². The van der Waals surface area contributed by atoms with Crippen molar-refractivity contribution in [1.29, 1.82) is 0 Å².